The topological polar surface area (TPSA) is 80.1 Å². The normalized spacial score (nSPS) is 15.6. The third kappa shape index (κ3) is 8.65. The van der Waals surface area contributed by atoms with Gasteiger partial charge >= 0.3 is 0 Å². The Balaban J connectivity index is 1.19. The molecule has 0 amide bonds. The van der Waals surface area contributed by atoms with Gasteiger partial charge in [-0.25, -0.2) is 0 Å². The Morgan fingerprint density at radius 3 is 1.32 bits per heavy atom. The van der Waals surface area contributed by atoms with Crippen LogP contribution in [0.2, 0.25) is 0 Å². The van der Waals surface area contributed by atoms with Crippen LogP contribution in [0.5, 0.6) is 23.0 Å². The second-order valence-corrected chi connectivity index (χ2v) is 10.4. The zero-order valence-electron chi connectivity index (χ0n) is 21.9. The zero-order chi connectivity index (χ0) is 27.2. The minimum Gasteiger partial charge on any atom is -0.487 e. The van der Waals surface area contributed by atoms with E-state index in [0.717, 1.165) is 21.1 Å². The second-order valence-electron chi connectivity index (χ2n) is 8.43. The van der Waals surface area contributed by atoms with E-state index in [1.54, 1.807) is 22.7 Å². The van der Waals surface area contributed by atoms with E-state index in [4.69, 9.17) is 28.4 Å². The number of hydrogen-bond acceptors (Lipinski definition) is 10. The third-order valence-electron chi connectivity index (χ3n) is 5.56. The van der Waals surface area contributed by atoms with Crippen molar-refractivity contribution >= 4 is 46.5 Å². The molecule has 0 spiro atoms. The molecule has 3 heterocycles. The molecule has 0 N–H and O–H groups in total. The van der Waals surface area contributed by atoms with Gasteiger partial charge in [-0.05, 0) is 47.2 Å². The van der Waals surface area contributed by atoms with Crippen molar-refractivity contribution < 1.29 is 28.4 Å². The van der Waals surface area contributed by atoms with Crippen LogP contribution in [0.4, 0.5) is 11.4 Å². The van der Waals surface area contributed by atoms with Gasteiger partial charge < -0.3 is 28.4 Å². The highest BCUT2D eigenvalue weighted by Crippen LogP contribution is 2.33. The van der Waals surface area contributed by atoms with Crippen molar-refractivity contribution in [1.82, 2.24) is 0 Å². The van der Waals surface area contributed by atoms with Crippen LogP contribution >= 0.6 is 22.7 Å². The van der Waals surface area contributed by atoms with Crippen molar-refractivity contribution in [3.8, 4) is 23.0 Å². The van der Waals surface area contributed by atoms with Crippen molar-refractivity contribution in [3.05, 3.63) is 81.2 Å². The van der Waals surface area contributed by atoms with E-state index < -0.39 is 0 Å². The first-order chi connectivity index (χ1) is 19.8. The molecule has 0 atom stereocenters. The minimum absolute atomic E-state index is 0.357. The highest BCUT2D eigenvalue weighted by atomic mass is 32.1. The summed E-state index contributed by atoms with van der Waals surface area (Å²) in [6, 6.07) is 19.3. The Morgan fingerprint density at radius 2 is 0.925 bits per heavy atom. The molecule has 1 aliphatic heterocycles. The summed E-state index contributed by atoms with van der Waals surface area (Å²) in [6.07, 6.45) is 3.68. The lowest BCUT2D eigenvalue weighted by molar-refractivity contribution is 0.0640. The van der Waals surface area contributed by atoms with Crippen LogP contribution in [0.1, 0.15) is 9.75 Å². The summed E-state index contributed by atoms with van der Waals surface area (Å²) in [5.74, 6) is 2.47. The minimum atomic E-state index is 0.357. The number of ether oxygens (including phenoxy) is 6. The van der Waals surface area contributed by atoms with Crippen LogP contribution in [0.3, 0.4) is 0 Å². The molecule has 0 fully saturated rings. The summed E-state index contributed by atoms with van der Waals surface area (Å²) < 4.78 is 35.4. The maximum atomic E-state index is 5.99. The van der Waals surface area contributed by atoms with E-state index in [9.17, 15) is 0 Å². The van der Waals surface area contributed by atoms with Crippen LogP contribution in [-0.2, 0) is 9.47 Å². The van der Waals surface area contributed by atoms with Gasteiger partial charge in [0.05, 0.1) is 37.8 Å². The molecule has 40 heavy (non-hydrogen) atoms. The quantitative estimate of drug-likeness (QED) is 0.255. The first kappa shape index (κ1) is 27.9. The number of benzene rings is 2. The zero-order valence-corrected chi connectivity index (χ0v) is 23.5. The van der Waals surface area contributed by atoms with Crippen LogP contribution in [0.15, 0.2) is 81.4 Å². The Morgan fingerprint density at radius 1 is 0.500 bits per heavy atom. The van der Waals surface area contributed by atoms with Crippen molar-refractivity contribution in [2.45, 2.75) is 0 Å². The number of aliphatic imine (C=N–C) groups is 2. The van der Waals surface area contributed by atoms with Crippen LogP contribution in [0.25, 0.3) is 0 Å². The van der Waals surface area contributed by atoms with Crippen LogP contribution < -0.4 is 18.9 Å². The molecule has 2 aromatic heterocycles. The Labute approximate surface area is 241 Å². The van der Waals surface area contributed by atoms with Crippen molar-refractivity contribution in [2.24, 2.45) is 9.98 Å². The summed E-state index contributed by atoms with van der Waals surface area (Å²) in [5.41, 5.74) is 1.55. The lowest BCUT2D eigenvalue weighted by Gasteiger charge is -2.16. The van der Waals surface area contributed by atoms with E-state index in [0.29, 0.717) is 75.9 Å². The molecule has 10 heteroatoms. The molecular formula is C30H30N2O6S2. The maximum absolute atomic E-state index is 5.99. The number of nitrogens with zero attached hydrogens (tertiary/aromatic N) is 2. The summed E-state index contributed by atoms with van der Waals surface area (Å²) in [6.45, 7) is 3.05. The molecule has 0 bridgehead atoms. The van der Waals surface area contributed by atoms with Gasteiger partial charge in [0.25, 0.3) is 0 Å². The molecule has 8 nitrogen and oxygen atoms in total. The van der Waals surface area contributed by atoms with Gasteiger partial charge in [-0.2, -0.15) is 0 Å². The number of thiophene rings is 2. The summed E-state index contributed by atoms with van der Waals surface area (Å²) >= 11 is 3.27. The van der Waals surface area contributed by atoms with Crippen molar-refractivity contribution in [3.63, 3.8) is 0 Å². The van der Waals surface area contributed by atoms with Crippen molar-refractivity contribution in [2.75, 3.05) is 52.9 Å². The average molecular weight is 579 g/mol. The largest absolute Gasteiger partial charge is 0.487 e. The van der Waals surface area contributed by atoms with E-state index in [-0.39, 0.29) is 0 Å². The molecule has 1 aliphatic rings. The Bertz CT molecular complexity index is 1270. The van der Waals surface area contributed by atoms with Crippen LogP contribution in [-0.4, -0.2) is 65.3 Å². The highest BCUT2D eigenvalue weighted by Gasteiger charge is 2.10. The van der Waals surface area contributed by atoms with Gasteiger partial charge in [0, 0.05) is 34.3 Å². The Kier molecular flexibility index (Phi) is 10.6. The summed E-state index contributed by atoms with van der Waals surface area (Å²) in [4.78, 5) is 11.3. The third-order valence-corrected chi connectivity index (χ3v) is 7.18. The molecular weight excluding hydrogens is 548 g/mol. The fourth-order valence-corrected chi connectivity index (χ4v) is 4.84. The first-order valence-corrected chi connectivity index (χ1v) is 14.7. The van der Waals surface area contributed by atoms with Gasteiger partial charge in [0.2, 0.25) is 0 Å². The fraction of sp³-hybridized carbons (Fsp3) is 0.267. The fourth-order valence-electron chi connectivity index (χ4n) is 3.67. The first-order valence-electron chi connectivity index (χ1n) is 12.9. The molecule has 0 unspecified atom stereocenters. The second kappa shape index (κ2) is 15.2. The average Bonchev–Trinajstić information content (AvgIpc) is 3.70. The molecule has 0 saturated heterocycles. The summed E-state index contributed by atoms with van der Waals surface area (Å²) in [5, 5.41) is 4.04. The molecule has 208 valence electrons. The predicted octanol–water partition coefficient (Wildman–Crippen LogP) is 6.57. The molecule has 0 aliphatic carbocycles. The molecule has 0 radical (unpaired) electrons. The standard InChI is InChI=1S/C30H30N2O6S2/c1-3-25(39-17-1)21-31-23-5-7-27-29(19-23)37-15-11-33-10-14-36-28-8-6-24(32-22-26-4-2-18-40-26)20-30(28)38-16-12-34-9-13-35-27/h1-8,17-22H,9-16H2. The van der Waals surface area contributed by atoms with Crippen molar-refractivity contribution in [1.29, 1.82) is 0 Å². The number of hydrogen-bond donors (Lipinski definition) is 0. The van der Waals surface area contributed by atoms with Gasteiger partial charge in [0.1, 0.15) is 26.4 Å². The van der Waals surface area contributed by atoms with Gasteiger partial charge in [-0.3, -0.25) is 9.98 Å². The number of fused-ring (bicyclic) bond motifs is 2. The molecule has 0 saturated carbocycles. The van der Waals surface area contributed by atoms with Gasteiger partial charge in [0.15, 0.2) is 23.0 Å². The van der Waals surface area contributed by atoms with E-state index in [2.05, 4.69) is 9.98 Å². The molecule has 2 aromatic carbocycles. The van der Waals surface area contributed by atoms with E-state index in [1.807, 2.05) is 83.9 Å². The predicted molar refractivity (Wildman–Crippen MR) is 160 cm³/mol. The molecule has 5 rings (SSSR count). The highest BCUT2D eigenvalue weighted by molar-refractivity contribution is 7.12. The molecule has 4 aromatic rings. The summed E-state index contributed by atoms with van der Waals surface area (Å²) in [7, 11) is 0. The van der Waals surface area contributed by atoms with Gasteiger partial charge in [-0.15, -0.1) is 22.7 Å². The SMILES string of the molecule is C(=Nc1ccc2c(c1)OCCOCCOc1ccc(N=Cc3cccs3)cc1OCCOCCO2)c1cccs1. The Hall–Kier alpha value is -3.70. The number of rotatable bonds is 4. The van der Waals surface area contributed by atoms with E-state index in [1.165, 1.54) is 0 Å². The lowest BCUT2D eigenvalue weighted by Crippen LogP contribution is -2.15. The smallest absolute Gasteiger partial charge is 0.163 e. The van der Waals surface area contributed by atoms with Crippen LogP contribution in [0, 0.1) is 0 Å². The lowest BCUT2D eigenvalue weighted by atomic mass is 10.3. The maximum Gasteiger partial charge on any atom is 0.163 e. The van der Waals surface area contributed by atoms with Gasteiger partial charge in [-0.1, -0.05) is 12.1 Å². The van der Waals surface area contributed by atoms with E-state index >= 15 is 0 Å². The monoisotopic (exact) mass is 578 g/mol.